The molecule has 26 heavy (non-hydrogen) atoms. The number of likely N-dealkylation sites (N-methyl/N-ethyl adjacent to an activating group) is 1. The van der Waals surface area contributed by atoms with E-state index in [0.29, 0.717) is 5.69 Å². The molecule has 0 heterocycles. The van der Waals surface area contributed by atoms with Crippen molar-refractivity contribution >= 4 is 23.4 Å². The number of anilines is 2. The van der Waals surface area contributed by atoms with Gasteiger partial charge in [0.1, 0.15) is 0 Å². The fourth-order valence-electron chi connectivity index (χ4n) is 2.87. The summed E-state index contributed by atoms with van der Waals surface area (Å²) in [7, 11) is 0. The van der Waals surface area contributed by atoms with Crippen molar-refractivity contribution in [3.05, 3.63) is 29.8 Å². The van der Waals surface area contributed by atoms with E-state index in [-0.39, 0.29) is 0 Å². The number of amides is 1. The van der Waals surface area contributed by atoms with Gasteiger partial charge in [0.15, 0.2) is 0 Å². The highest BCUT2D eigenvalue weighted by molar-refractivity contribution is 5.91. The second-order valence-electron chi connectivity index (χ2n) is 6.40. The number of nitrogens with zero attached hydrogens (tertiary/aromatic N) is 2. The summed E-state index contributed by atoms with van der Waals surface area (Å²) in [6.07, 6.45) is 6.39. The molecule has 0 unspecified atom stereocenters. The smallest absolute Gasteiger partial charge is 0.267 e. The topological polar surface area (TPSA) is 81.8 Å². The summed E-state index contributed by atoms with van der Waals surface area (Å²) < 4.78 is 0. The van der Waals surface area contributed by atoms with Crippen LogP contribution in [0.2, 0.25) is 0 Å². The number of hydrogen-bond donors (Lipinski definition) is 3. The summed E-state index contributed by atoms with van der Waals surface area (Å²) in [5.41, 5.74) is 10.4. The molecule has 0 aliphatic rings. The Balaban J connectivity index is 2.82. The van der Waals surface area contributed by atoms with E-state index in [0.717, 1.165) is 50.4 Å². The molecule has 0 fully saturated rings. The molecule has 0 radical (unpaired) electrons. The van der Waals surface area contributed by atoms with Gasteiger partial charge in [0.25, 0.3) is 5.91 Å². The Hall–Kier alpha value is -2.05. The number of unbranched alkanes of at least 4 members (excludes halogenated alkanes) is 1. The van der Waals surface area contributed by atoms with Gasteiger partial charge in [-0.25, -0.2) is 5.48 Å². The van der Waals surface area contributed by atoms with Gasteiger partial charge in [0, 0.05) is 25.7 Å². The zero-order valence-electron chi connectivity index (χ0n) is 16.4. The molecular weight excluding hydrogens is 328 g/mol. The minimum Gasteiger partial charge on any atom is -0.397 e. The molecule has 0 saturated heterocycles. The lowest BCUT2D eigenvalue weighted by molar-refractivity contribution is -0.124. The van der Waals surface area contributed by atoms with Crippen LogP contribution in [0, 0.1) is 0 Å². The lowest BCUT2D eigenvalue weighted by Crippen LogP contribution is -2.36. The van der Waals surface area contributed by atoms with Gasteiger partial charge in [-0.1, -0.05) is 33.3 Å². The van der Waals surface area contributed by atoms with Gasteiger partial charge in [-0.15, -0.1) is 0 Å². The van der Waals surface area contributed by atoms with Crippen molar-refractivity contribution in [2.75, 3.05) is 43.4 Å². The summed E-state index contributed by atoms with van der Waals surface area (Å²) in [5, 5.41) is 8.54. The van der Waals surface area contributed by atoms with Gasteiger partial charge < -0.3 is 15.5 Å². The number of rotatable bonds is 12. The lowest BCUT2D eigenvalue weighted by atomic mass is 10.1. The van der Waals surface area contributed by atoms with E-state index in [1.165, 1.54) is 18.9 Å². The Morgan fingerprint density at radius 2 is 1.92 bits per heavy atom. The Morgan fingerprint density at radius 1 is 1.15 bits per heavy atom. The second-order valence-corrected chi connectivity index (χ2v) is 6.40. The normalized spacial score (nSPS) is 11.3. The maximum atomic E-state index is 11.1. The van der Waals surface area contributed by atoms with Crippen LogP contribution in [-0.2, 0) is 4.79 Å². The number of hydroxylamine groups is 1. The molecular formula is C20H34N4O2. The van der Waals surface area contributed by atoms with Gasteiger partial charge in [0.05, 0.1) is 11.4 Å². The van der Waals surface area contributed by atoms with Crippen molar-refractivity contribution in [2.24, 2.45) is 0 Å². The molecule has 0 aliphatic carbocycles. The van der Waals surface area contributed by atoms with Crippen LogP contribution in [0.5, 0.6) is 0 Å². The number of carbonyl (C=O) groups excluding carboxylic acids is 1. The van der Waals surface area contributed by atoms with Gasteiger partial charge in [0.2, 0.25) is 0 Å². The van der Waals surface area contributed by atoms with E-state index >= 15 is 0 Å². The van der Waals surface area contributed by atoms with Crippen molar-refractivity contribution in [2.45, 2.75) is 40.0 Å². The van der Waals surface area contributed by atoms with Crippen LogP contribution in [-0.4, -0.2) is 48.7 Å². The molecule has 1 amide bonds. The number of carbonyl (C=O) groups is 1. The third-order valence-corrected chi connectivity index (χ3v) is 4.38. The van der Waals surface area contributed by atoms with E-state index in [4.69, 9.17) is 10.9 Å². The Morgan fingerprint density at radius 3 is 2.50 bits per heavy atom. The monoisotopic (exact) mass is 362 g/mol. The third-order valence-electron chi connectivity index (χ3n) is 4.38. The summed E-state index contributed by atoms with van der Waals surface area (Å²) in [4.78, 5) is 15.9. The molecule has 0 bridgehead atoms. The quantitative estimate of drug-likeness (QED) is 0.230. The molecule has 146 valence electrons. The van der Waals surface area contributed by atoms with Crippen molar-refractivity contribution in [1.29, 1.82) is 0 Å². The standard InChI is InChI=1S/C20H34N4O2/c1-4-7-13-23(6-3)14-15-24(12-5-2)19-10-8-17(16-18(19)21)9-11-20(25)22-26/h8-11,16,26H,4-7,12-15,21H2,1-3H3,(H,22,25)/b11-9+. The molecule has 1 aromatic carbocycles. The number of nitrogens with two attached hydrogens (primary N) is 1. The minimum atomic E-state index is -0.563. The van der Waals surface area contributed by atoms with Crippen LogP contribution in [0.4, 0.5) is 11.4 Å². The summed E-state index contributed by atoms with van der Waals surface area (Å²) in [5.74, 6) is -0.563. The van der Waals surface area contributed by atoms with Crippen molar-refractivity contribution < 1.29 is 10.0 Å². The molecule has 0 spiro atoms. The van der Waals surface area contributed by atoms with Gasteiger partial charge in [-0.2, -0.15) is 0 Å². The van der Waals surface area contributed by atoms with Crippen molar-refractivity contribution in [3.63, 3.8) is 0 Å². The zero-order chi connectivity index (χ0) is 19.4. The SMILES string of the molecule is CCCCN(CC)CCN(CCC)c1ccc(/C=C/C(=O)NO)cc1N. The van der Waals surface area contributed by atoms with Crippen molar-refractivity contribution in [3.8, 4) is 0 Å². The predicted octanol–water partition coefficient (Wildman–Crippen LogP) is 3.13. The van der Waals surface area contributed by atoms with Crippen LogP contribution in [0.3, 0.4) is 0 Å². The average molecular weight is 363 g/mol. The maximum Gasteiger partial charge on any atom is 0.267 e. The highest BCUT2D eigenvalue weighted by Gasteiger charge is 2.11. The Labute approximate surface area is 157 Å². The molecule has 6 heteroatoms. The minimum absolute atomic E-state index is 0.563. The molecule has 1 rings (SSSR count). The molecule has 0 atom stereocenters. The van der Waals surface area contributed by atoms with Crippen LogP contribution < -0.4 is 16.1 Å². The molecule has 4 N–H and O–H groups in total. The number of hydrogen-bond acceptors (Lipinski definition) is 5. The first kappa shape index (κ1) is 22.0. The highest BCUT2D eigenvalue weighted by Crippen LogP contribution is 2.25. The molecule has 1 aromatic rings. The first-order chi connectivity index (χ1) is 12.5. The maximum absolute atomic E-state index is 11.1. The highest BCUT2D eigenvalue weighted by atomic mass is 16.5. The average Bonchev–Trinajstić information content (AvgIpc) is 2.65. The van der Waals surface area contributed by atoms with Crippen LogP contribution in [0.15, 0.2) is 24.3 Å². The number of nitrogen functional groups attached to an aromatic ring is 1. The van der Waals surface area contributed by atoms with E-state index in [9.17, 15) is 4.79 Å². The fourth-order valence-corrected chi connectivity index (χ4v) is 2.87. The number of benzene rings is 1. The van der Waals surface area contributed by atoms with Gasteiger partial charge >= 0.3 is 0 Å². The van der Waals surface area contributed by atoms with E-state index < -0.39 is 5.91 Å². The third kappa shape index (κ3) is 7.45. The molecule has 0 aliphatic heterocycles. The zero-order valence-corrected chi connectivity index (χ0v) is 16.4. The molecule has 6 nitrogen and oxygen atoms in total. The van der Waals surface area contributed by atoms with Gasteiger partial charge in [-0.05, 0) is 49.7 Å². The fraction of sp³-hybridized carbons (Fsp3) is 0.550. The first-order valence-electron chi connectivity index (χ1n) is 9.54. The largest absolute Gasteiger partial charge is 0.397 e. The van der Waals surface area contributed by atoms with Crippen LogP contribution >= 0.6 is 0 Å². The predicted molar refractivity (Wildman–Crippen MR) is 109 cm³/mol. The first-order valence-corrected chi connectivity index (χ1v) is 9.54. The number of nitrogens with one attached hydrogen (secondary N) is 1. The van der Waals surface area contributed by atoms with Crippen molar-refractivity contribution in [1.82, 2.24) is 10.4 Å². The van der Waals surface area contributed by atoms with Crippen LogP contribution in [0.25, 0.3) is 6.08 Å². The lowest BCUT2D eigenvalue weighted by Gasteiger charge is -2.29. The summed E-state index contributed by atoms with van der Waals surface area (Å²) in [6, 6.07) is 5.79. The Bertz CT molecular complexity index is 575. The second kappa shape index (κ2) is 12.3. The van der Waals surface area contributed by atoms with Gasteiger partial charge in [-0.3, -0.25) is 10.0 Å². The van der Waals surface area contributed by atoms with E-state index in [1.54, 1.807) is 11.6 Å². The summed E-state index contributed by atoms with van der Waals surface area (Å²) in [6.45, 7) is 11.7. The molecule has 0 aromatic heterocycles. The van der Waals surface area contributed by atoms with Crippen LogP contribution in [0.1, 0.15) is 45.6 Å². The van der Waals surface area contributed by atoms with E-state index in [2.05, 4.69) is 30.6 Å². The summed E-state index contributed by atoms with van der Waals surface area (Å²) >= 11 is 0. The van der Waals surface area contributed by atoms with E-state index in [1.807, 2.05) is 18.2 Å². The molecule has 0 saturated carbocycles. The Kier molecular flexibility index (Phi) is 10.4.